The van der Waals surface area contributed by atoms with E-state index >= 15 is 0 Å². The fourth-order valence-corrected chi connectivity index (χ4v) is 4.73. The van der Waals surface area contributed by atoms with Gasteiger partial charge in [-0.3, -0.25) is 0 Å². The molecule has 2 aliphatic rings. The molecular formula is C19H33F3. The van der Waals surface area contributed by atoms with E-state index in [9.17, 15) is 13.2 Å². The maximum Gasteiger partial charge on any atom is 0.128 e. The lowest BCUT2D eigenvalue weighted by atomic mass is 9.66. The van der Waals surface area contributed by atoms with Gasteiger partial charge in [-0.25, -0.2) is 13.2 Å². The number of rotatable bonds is 6. The zero-order valence-corrected chi connectivity index (χ0v) is 14.2. The fraction of sp³-hybridized carbons (Fsp3) is 1.00. The first-order chi connectivity index (χ1) is 10.5. The van der Waals surface area contributed by atoms with Gasteiger partial charge in [0, 0.05) is 0 Å². The Morgan fingerprint density at radius 3 is 2.18 bits per heavy atom. The molecule has 5 atom stereocenters. The predicted octanol–water partition coefficient (Wildman–Crippen LogP) is 6.29. The first kappa shape index (κ1) is 18.1. The van der Waals surface area contributed by atoms with E-state index in [2.05, 4.69) is 6.92 Å². The van der Waals surface area contributed by atoms with Gasteiger partial charge in [0.2, 0.25) is 0 Å². The molecule has 0 aliphatic heterocycles. The Bertz CT molecular complexity index is 312. The molecule has 130 valence electrons. The lowest BCUT2D eigenvalue weighted by Crippen LogP contribution is -2.34. The third-order valence-electron chi connectivity index (χ3n) is 6.42. The van der Waals surface area contributed by atoms with Gasteiger partial charge in [0.1, 0.15) is 19.0 Å². The Morgan fingerprint density at radius 2 is 1.59 bits per heavy atom. The van der Waals surface area contributed by atoms with Crippen LogP contribution in [0.1, 0.15) is 71.6 Å². The number of hydrogen-bond donors (Lipinski definition) is 0. The SMILES string of the molecule is CC1CCC(C2CCC(C(C)CCC(F)CF)C(F)C2)CC1. The van der Waals surface area contributed by atoms with Crippen LogP contribution in [0.25, 0.3) is 0 Å². The van der Waals surface area contributed by atoms with Gasteiger partial charge in [-0.2, -0.15) is 0 Å². The largest absolute Gasteiger partial charge is 0.248 e. The van der Waals surface area contributed by atoms with Crippen LogP contribution in [0.5, 0.6) is 0 Å². The summed E-state index contributed by atoms with van der Waals surface area (Å²) >= 11 is 0. The minimum atomic E-state index is -1.36. The summed E-state index contributed by atoms with van der Waals surface area (Å²) in [6, 6.07) is 0. The van der Waals surface area contributed by atoms with Crippen LogP contribution in [0.4, 0.5) is 13.2 Å². The summed E-state index contributed by atoms with van der Waals surface area (Å²) in [5.41, 5.74) is 0. The zero-order chi connectivity index (χ0) is 16.1. The average molecular weight is 318 g/mol. The average Bonchev–Trinajstić information content (AvgIpc) is 2.52. The van der Waals surface area contributed by atoms with E-state index in [1.807, 2.05) is 6.92 Å². The van der Waals surface area contributed by atoms with Crippen molar-refractivity contribution in [2.75, 3.05) is 6.67 Å². The van der Waals surface area contributed by atoms with Crippen LogP contribution in [0, 0.1) is 29.6 Å². The number of hydrogen-bond acceptors (Lipinski definition) is 0. The smallest absolute Gasteiger partial charge is 0.128 e. The standard InChI is InChI=1S/C19H33F3/c1-13-3-6-15(7-4-13)16-8-10-18(19(22)11-16)14(2)5-9-17(21)12-20/h13-19H,3-12H2,1-2H3. The van der Waals surface area contributed by atoms with Crippen molar-refractivity contribution in [2.45, 2.75) is 84.0 Å². The van der Waals surface area contributed by atoms with E-state index in [4.69, 9.17) is 0 Å². The molecule has 0 bridgehead atoms. The first-order valence-corrected chi connectivity index (χ1v) is 9.35. The maximum atomic E-state index is 14.6. The second-order valence-electron chi connectivity index (χ2n) is 8.08. The van der Waals surface area contributed by atoms with Crippen molar-refractivity contribution in [2.24, 2.45) is 29.6 Å². The van der Waals surface area contributed by atoms with Gasteiger partial charge < -0.3 is 0 Å². The molecule has 5 unspecified atom stereocenters. The Balaban J connectivity index is 1.77. The van der Waals surface area contributed by atoms with Crippen LogP contribution in [-0.2, 0) is 0 Å². The Hall–Kier alpha value is -0.210. The van der Waals surface area contributed by atoms with Crippen molar-refractivity contribution < 1.29 is 13.2 Å². The molecule has 0 aromatic rings. The van der Waals surface area contributed by atoms with Gasteiger partial charge in [-0.1, -0.05) is 26.7 Å². The van der Waals surface area contributed by atoms with Crippen molar-refractivity contribution in [1.29, 1.82) is 0 Å². The minimum absolute atomic E-state index is 0.0607. The second-order valence-corrected chi connectivity index (χ2v) is 8.08. The predicted molar refractivity (Wildman–Crippen MR) is 86.1 cm³/mol. The molecule has 2 saturated carbocycles. The van der Waals surface area contributed by atoms with Crippen LogP contribution < -0.4 is 0 Å². The summed E-state index contributed by atoms with van der Waals surface area (Å²) < 4.78 is 39.8. The highest BCUT2D eigenvalue weighted by molar-refractivity contribution is 4.87. The summed E-state index contributed by atoms with van der Waals surface area (Å²) in [6.45, 7) is 3.44. The molecule has 2 aliphatic carbocycles. The molecule has 2 rings (SSSR count). The molecule has 22 heavy (non-hydrogen) atoms. The van der Waals surface area contributed by atoms with Gasteiger partial charge in [0.25, 0.3) is 0 Å². The van der Waals surface area contributed by atoms with Gasteiger partial charge in [-0.05, 0) is 74.5 Å². The summed E-state index contributed by atoms with van der Waals surface area (Å²) in [6.07, 6.45) is 6.69. The topological polar surface area (TPSA) is 0 Å². The lowest BCUT2D eigenvalue weighted by Gasteiger charge is -2.40. The van der Waals surface area contributed by atoms with E-state index in [0.29, 0.717) is 18.8 Å². The maximum absolute atomic E-state index is 14.6. The van der Waals surface area contributed by atoms with E-state index < -0.39 is 19.0 Å². The molecule has 0 spiro atoms. The van der Waals surface area contributed by atoms with Crippen molar-refractivity contribution in [3.05, 3.63) is 0 Å². The van der Waals surface area contributed by atoms with Gasteiger partial charge in [0.15, 0.2) is 0 Å². The second kappa shape index (κ2) is 8.59. The van der Waals surface area contributed by atoms with Crippen molar-refractivity contribution in [1.82, 2.24) is 0 Å². The fourth-order valence-electron chi connectivity index (χ4n) is 4.73. The molecular weight excluding hydrogens is 285 g/mol. The third kappa shape index (κ3) is 4.89. The van der Waals surface area contributed by atoms with E-state index in [-0.39, 0.29) is 18.3 Å². The molecule has 0 aromatic carbocycles. The zero-order valence-electron chi connectivity index (χ0n) is 14.2. The van der Waals surface area contributed by atoms with Crippen LogP contribution in [0.2, 0.25) is 0 Å². The van der Waals surface area contributed by atoms with Crippen LogP contribution in [0.15, 0.2) is 0 Å². The molecule has 0 aromatic heterocycles. The van der Waals surface area contributed by atoms with Crippen molar-refractivity contribution in [3.63, 3.8) is 0 Å². The van der Waals surface area contributed by atoms with E-state index in [0.717, 1.165) is 24.7 Å². The Labute approximate surface area is 134 Å². The van der Waals surface area contributed by atoms with Crippen LogP contribution in [0.3, 0.4) is 0 Å². The molecule has 3 heteroatoms. The van der Waals surface area contributed by atoms with Crippen molar-refractivity contribution in [3.8, 4) is 0 Å². The summed E-state index contributed by atoms with van der Waals surface area (Å²) in [7, 11) is 0. The Kier molecular flexibility index (Phi) is 7.08. The number of alkyl halides is 3. The minimum Gasteiger partial charge on any atom is -0.248 e. The Morgan fingerprint density at radius 1 is 0.955 bits per heavy atom. The van der Waals surface area contributed by atoms with Crippen LogP contribution >= 0.6 is 0 Å². The molecule has 0 amide bonds. The molecule has 0 heterocycles. The molecule has 0 saturated heterocycles. The summed E-state index contributed by atoms with van der Waals surface area (Å²) in [4.78, 5) is 0. The quantitative estimate of drug-likeness (QED) is 0.540. The molecule has 0 radical (unpaired) electrons. The van der Waals surface area contributed by atoms with Gasteiger partial charge in [-0.15, -0.1) is 0 Å². The molecule has 2 fully saturated rings. The summed E-state index contributed by atoms with van der Waals surface area (Å²) in [5.74, 6) is 2.37. The molecule has 0 nitrogen and oxygen atoms in total. The van der Waals surface area contributed by atoms with Crippen molar-refractivity contribution >= 4 is 0 Å². The first-order valence-electron chi connectivity index (χ1n) is 9.35. The normalized spacial score (nSPS) is 39.4. The van der Waals surface area contributed by atoms with Crippen LogP contribution in [-0.4, -0.2) is 19.0 Å². The highest BCUT2D eigenvalue weighted by Crippen LogP contribution is 2.44. The lowest BCUT2D eigenvalue weighted by molar-refractivity contribution is 0.0489. The summed E-state index contributed by atoms with van der Waals surface area (Å²) in [5, 5.41) is 0. The monoisotopic (exact) mass is 318 g/mol. The third-order valence-corrected chi connectivity index (χ3v) is 6.42. The van der Waals surface area contributed by atoms with Gasteiger partial charge >= 0.3 is 0 Å². The highest BCUT2D eigenvalue weighted by Gasteiger charge is 2.37. The molecule has 0 N–H and O–H groups in total. The highest BCUT2D eigenvalue weighted by atomic mass is 19.2. The van der Waals surface area contributed by atoms with Gasteiger partial charge in [0.05, 0.1) is 0 Å². The number of halogens is 3. The van der Waals surface area contributed by atoms with E-state index in [1.165, 1.54) is 25.7 Å². The van der Waals surface area contributed by atoms with E-state index in [1.54, 1.807) is 0 Å².